The Morgan fingerprint density at radius 2 is 0.255 bits per heavy atom. The summed E-state index contributed by atoms with van der Waals surface area (Å²) in [5, 5.41) is 0.201. The summed E-state index contributed by atoms with van der Waals surface area (Å²) in [4.78, 5) is 0. The highest BCUT2D eigenvalue weighted by Crippen LogP contribution is 2.35. The number of benzene rings is 10. The number of fused-ring (bicyclic) bond motifs is 9. The molecular weight excluding hydrogens is 1090 g/mol. The fourth-order valence-electron chi connectivity index (χ4n) is 13.4. The molecule has 0 atom stereocenters. The first kappa shape index (κ1) is 68.6. The highest BCUT2D eigenvalue weighted by atomic mass is 15.0. The average molecular weight is 1090 g/mol. The van der Waals surface area contributed by atoms with Crippen LogP contribution in [-0.2, 0) is 0 Å². The SMILES string of the molecule is [B]c1c([B])c([B])c(-c2c([B])c([B])c(-n3c4c([B])c([B])c(-c5c([B])c([B])c6c(c5[B])c5c([B])c([B])c([B])c([B])c5n6-c5c([B])c([B])c(-c6c([B])c([B])c7c([B])c([B])c([B])c([B])c7c6[B])c([B])c5[B])c([B])c4c4c5c([B])c([B])c([B])c([B])c5c([B])c([B])c43)c([B])c2[B])c([B])c1[B]. The van der Waals surface area contributed by atoms with Gasteiger partial charge in [-0.15, -0.1) is 49.2 Å². The zero-order chi connectivity index (χ0) is 69.5. The van der Waals surface area contributed by atoms with Gasteiger partial charge in [0.25, 0.3) is 0 Å². The quantitative estimate of drug-likeness (QED) is 0.152. The van der Waals surface area contributed by atoms with Crippen molar-refractivity contribution in [2.75, 3.05) is 0 Å². The van der Waals surface area contributed by atoms with Crippen molar-refractivity contribution in [3.05, 3.63) is 0 Å². The molecule has 0 aliphatic rings. The Morgan fingerprint density at radius 3 is 0.606 bits per heavy atom. The van der Waals surface area contributed by atoms with E-state index in [1.165, 1.54) is 9.13 Å². The Kier molecular flexibility index (Phi) is 16.9. The van der Waals surface area contributed by atoms with Gasteiger partial charge >= 0.3 is 0 Å². The minimum atomic E-state index is -0.326. The third kappa shape index (κ3) is 8.68. The van der Waals surface area contributed by atoms with Gasteiger partial charge in [0, 0.05) is 49.6 Å². The second kappa shape index (κ2) is 23.1. The second-order valence-corrected chi connectivity index (χ2v) is 22.9. The maximum absolute atomic E-state index is 7.62. The molecule has 0 amide bonds. The van der Waals surface area contributed by atoms with E-state index in [1.807, 2.05) is 0 Å². The number of hydrogen-bond donors (Lipinski definition) is 0. The first-order valence-electron chi connectivity index (χ1n) is 27.5. The van der Waals surface area contributed by atoms with Crippen LogP contribution in [0.4, 0.5) is 0 Å². The Morgan fingerprint density at radius 1 is 0.106 bits per heavy atom. The molecule has 0 saturated heterocycles. The molecule has 0 aliphatic heterocycles. The van der Waals surface area contributed by atoms with E-state index in [2.05, 4.69) is 0 Å². The van der Waals surface area contributed by atoms with Crippen LogP contribution in [0.3, 0.4) is 0 Å². The lowest BCUT2D eigenvalue weighted by molar-refractivity contribution is 1.22. The smallest absolute Gasteiger partial charge is 0.115 e. The van der Waals surface area contributed by atoms with Crippen LogP contribution >= 0.6 is 0 Å². The number of aromatic nitrogens is 2. The van der Waals surface area contributed by atoms with E-state index in [1.54, 1.807) is 0 Å². The lowest BCUT2D eigenvalue weighted by Crippen LogP contribution is -2.57. The molecule has 72 radical (unpaired) electrons. The molecule has 10 aromatic carbocycles. The molecular formula is C56B36N2. The predicted molar refractivity (Wildman–Crippen MR) is 440 cm³/mol. The Labute approximate surface area is 593 Å². The molecule has 2 aromatic heterocycles. The van der Waals surface area contributed by atoms with Crippen LogP contribution in [0.15, 0.2) is 0 Å². The zero-order valence-electron chi connectivity index (χ0n) is 49.7. The fourth-order valence-corrected chi connectivity index (χ4v) is 13.4. The summed E-state index contributed by atoms with van der Waals surface area (Å²) in [5.74, 6) is 0. The Hall–Kier alpha value is -5.34. The Bertz CT molecular complexity index is 5600. The van der Waals surface area contributed by atoms with Gasteiger partial charge in [-0.05, 0) is 60.3 Å². The summed E-state index contributed by atoms with van der Waals surface area (Å²) in [5.41, 5.74) is -8.62. The van der Waals surface area contributed by atoms with Crippen molar-refractivity contribution in [2.45, 2.75) is 0 Å². The van der Waals surface area contributed by atoms with Gasteiger partial charge in [0.05, 0.1) is 0 Å². The molecule has 0 saturated carbocycles. The van der Waals surface area contributed by atoms with Crippen molar-refractivity contribution in [1.29, 1.82) is 0 Å². The number of nitrogens with zero attached hydrogens (tertiary/aromatic N) is 2. The fraction of sp³-hybridized carbons (Fsp3) is 0. The number of hydrogen-bond acceptors (Lipinski definition) is 0. The number of rotatable bonds is 5. The molecule has 0 aliphatic carbocycles. The first-order valence-corrected chi connectivity index (χ1v) is 27.5. The van der Waals surface area contributed by atoms with Crippen molar-refractivity contribution < 1.29 is 0 Å². The van der Waals surface area contributed by atoms with Gasteiger partial charge in [-0.1, -0.05) is 147 Å². The van der Waals surface area contributed by atoms with E-state index in [-0.39, 0.29) is 307 Å². The maximum atomic E-state index is 7.62. The molecule has 0 spiro atoms. The lowest BCUT2D eigenvalue weighted by Gasteiger charge is -2.30. The molecule has 342 valence electrons. The molecule has 38 heteroatoms. The highest BCUT2D eigenvalue weighted by Gasteiger charge is 2.33. The predicted octanol–water partition coefficient (Wildman–Crippen LogP) is -28.2. The zero-order valence-corrected chi connectivity index (χ0v) is 49.7. The van der Waals surface area contributed by atoms with Crippen LogP contribution in [-0.4, -0.2) is 292 Å². The van der Waals surface area contributed by atoms with E-state index in [9.17, 15) is 0 Å². The van der Waals surface area contributed by atoms with Crippen LogP contribution in [0.25, 0.3) is 110 Å². The largest absolute Gasteiger partial charge is 0.312 e. The standard InChI is InChI=1S/C56B36N2/c57-15-6(19(61)20(62)8-7(15)22(64)36(78)37(79)23(8)65)9-29(71)46(88)56(47(89)30(9)72)94-53-13(14-33(75)40(82)42(84)50(92)54(14)94)17(59)5(28(70)45(53)87)4-16(58)12-2-1-3(21(63)35(77)34(76)18(1)60)26(68)43(85)51(2)93(52(12)44(86)27(4)69)55-48(90)31(73)11(32(74)49(55)91)10-24(66)38(80)41(83)39(81)25(10)67. The average Bonchev–Trinajstić information content (AvgIpc) is 1.08. The normalized spacial score (nSPS) is 11.9. The molecule has 2 heterocycles. The summed E-state index contributed by atoms with van der Waals surface area (Å²) in [6.07, 6.45) is 0. The van der Waals surface area contributed by atoms with E-state index in [4.69, 9.17) is 282 Å². The van der Waals surface area contributed by atoms with Crippen LogP contribution in [0.5, 0.6) is 0 Å². The van der Waals surface area contributed by atoms with E-state index < -0.39 is 0 Å². The lowest BCUT2D eigenvalue weighted by atomic mass is 9.56. The van der Waals surface area contributed by atoms with Gasteiger partial charge in [0.1, 0.15) is 282 Å². The van der Waals surface area contributed by atoms with Gasteiger partial charge in [-0.3, -0.25) is 0 Å². The van der Waals surface area contributed by atoms with Crippen LogP contribution in [0.2, 0.25) is 0 Å². The monoisotopic (exact) mass is 1100 g/mol. The van der Waals surface area contributed by atoms with Gasteiger partial charge < -0.3 is 9.13 Å². The summed E-state index contributed by atoms with van der Waals surface area (Å²) in [6.45, 7) is 0. The topological polar surface area (TPSA) is 9.86 Å². The molecule has 0 unspecified atom stereocenters. The van der Waals surface area contributed by atoms with Crippen LogP contribution in [0.1, 0.15) is 0 Å². The van der Waals surface area contributed by atoms with E-state index >= 15 is 0 Å². The molecule has 0 N–H and O–H groups in total. The van der Waals surface area contributed by atoms with E-state index in [0.29, 0.717) is 0 Å². The van der Waals surface area contributed by atoms with Crippen LogP contribution < -0.4 is 197 Å². The molecule has 2 nitrogen and oxygen atoms in total. The summed E-state index contributed by atoms with van der Waals surface area (Å²) in [6, 6.07) is 0. The van der Waals surface area contributed by atoms with E-state index in [0.717, 1.165) is 0 Å². The molecule has 0 fully saturated rings. The van der Waals surface area contributed by atoms with Crippen molar-refractivity contribution in [2.24, 2.45) is 0 Å². The Balaban J connectivity index is 1.24. The highest BCUT2D eigenvalue weighted by molar-refractivity contribution is 6.79. The first-order chi connectivity index (χ1) is 43.8. The third-order valence-corrected chi connectivity index (χ3v) is 18.3. The molecule has 94 heavy (non-hydrogen) atoms. The van der Waals surface area contributed by atoms with Crippen molar-refractivity contribution in [3.63, 3.8) is 0 Å². The van der Waals surface area contributed by atoms with Gasteiger partial charge in [-0.25, -0.2) is 0 Å². The van der Waals surface area contributed by atoms with Crippen molar-refractivity contribution >= 4 is 544 Å². The minimum Gasteiger partial charge on any atom is -0.312 e. The minimum absolute atomic E-state index is 0.00355. The summed E-state index contributed by atoms with van der Waals surface area (Å²) >= 11 is 0. The van der Waals surface area contributed by atoms with Gasteiger partial charge in [0.2, 0.25) is 0 Å². The van der Waals surface area contributed by atoms with Crippen LogP contribution in [0, 0.1) is 0 Å². The molecule has 0 bridgehead atoms. The summed E-state index contributed by atoms with van der Waals surface area (Å²) in [7, 11) is 247. The van der Waals surface area contributed by atoms with Crippen molar-refractivity contribution in [1.82, 2.24) is 9.13 Å². The second-order valence-electron chi connectivity index (χ2n) is 22.9. The molecule has 12 aromatic rings. The van der Waals surface area contributed by atoms with Gasteiger partial charge in [0.15, 0.2) is 0 Å². The van der Waals surface area contributed by atoms with Gasteiger partial charge in [-0.2, -0.15) is 0 Å². The maximum Gasteiger partial charge on any atom is 0.115 e. The third-order valence-electron chi connectivity index (χ3n) is 18.3. The summed E-state index contributed by atoms with van der Waals surface area (Å²) < 4.78 is 2.71. The van der Waals surface area contributed by atoms with Crippen molar-refractivity contribution in [3.8, 4) is 44.8 Å². The molecule has 12 rings (SSSR count).